The molecule has 0 aliphatic heterocycles. The van der Waals surface area contributed by atoms with Crippen LogP contribution >= 0.6 is 0 Å². The fraction of sp³-hybridized carbons (Fsp3) is 0.200. The van der Waals surface area contributed by atoms with Crippen molar-refractivity contribution in [1.82, 2.24) is 10.6 Å². The number of rotatable bonds is 7. The van der Waals surface area contributed by atoms with Crippen molar-refractivity contribution in [2.24, 2.45) is 0 Å². The van der Waals surface area contributed by atoms with Gasteiger partial charge < -0.3 is 10.6 Å². The van der Waals surface area contributed by atoms with E-state index in [0.29, 0.717) is 11.1 Å². The van der Waals surface area contributed by atoms with Crippen LogP contribution < -0.4 is 10.6 Å². The van der Waals surface area contributed by atoms with E-state index >= 15 is 0 Å². The van der Waals surface area contributed by atoms with Gasteiger partial charge in [0.25, 0.3) is 5.91 Å². The van der Waals surface area contributed by atoms with Crippen molar-refractivity contribution in [3.63, 3.8) is 0 Å². The van der Waals surface area contributed by atoms with E-state index < -0.39 is 35.6 Å². The average Bonchev–Trinajstić information content (AvgIpc) is 2.79. The highest BCUT2D eigenvalue weighted by molar-refractivity contribution is 5.97. The van der Waals surface area contributed by atoms with Gasteiger partial charge in [0, 0.05) is 12.0 Å². The van der Waals surface area contributed by atoms with E-state index in [1.807, 2.05) is 30.3 Å². The summed E-state index contributed by atoms with van der Waals surface area (Å²) in [5, 5.41) is 5.47. The third-order valence-electron chi connectivity index (χ3n) is 5.01. The second-order valence-electron chi connectivity index (χ2n) is 7.44. The molecule has 7 heteroatoms. The van der Waals surface area contributed by atoms with Gasteiger partial charge in [-0.15, -0.1) is 0 Å². The van der Waals surface area contributed by atoms with E-state index in [9.17, 15) is 22.8 Å². The second kappa shape index (κ2) is 10.1. The Morgan fingerprint density at radius 3 is 2.09 bits per heavy atom. The minimum atomic E-state index is -4.47. The summed E-state index contributed by atoms with van der Waals surface area (Å²) in [7, 11) is 0. The zero-order chi connectivity index (χ0) is 23.1. The molecule has 0 radical (unpaired) electrons. The lowest BCUT2D eigenvalue weighted by molar-refractivity contribution is -0.137. The monoisotopic (exact) mass is 440 g/mol. The molecule has 0 bridgehead atoms. The van der Waals surface area contributed by atoms with Crippen molar-refractivity contribution >= 4 is 11.8 Å². The second-order valence-corrected chi connectivity index (χ2v) is 7.44. The van der Waals surface area contributed by atoms with Crippen LogP contribution in [0.25, 0.3) is 0 Å². The zero-order valence-corrected chi connectivity index (χ0v) is 17.4. The van der Waals surface area contributed by atoms with Gasteiger partial charge in [-0.3, -0.25) is 9.59 Å². The van der Waals surface area contributed by atoms with Gasteiger partial charge in [0.2, 0.25) is 5.91 Å². The summed E-state index contributed by atoms with van der Waals surface area (Å²) in [4.78, 5) is 25.7. The van der Waals surface area contributed by atoms with Crippen molar-refractivity contribution in [2.75, 3.05) is 0 Å². The summed E-state index contributed by atoms with van der Waals surface area (Å²) in [6.45, 7) is 1.60. The number of halogens is 3. The van der Waals surface area contributed by atoms with Gasteiger partial charge in [-0.2, -0.15) is 13.2 Å². The van der Waals surface area contributed by atoms with Crippen molar-refractivity contribution in [3.8, 4) is 0 Å². The minimum Gasteiger partial charge on any atom is -0.348 e. The number of carbonyl (C=O) groups is 2. The van der Waals surface area contributed by atoms with Gasteiger partial charge in [-0.05, 0) is 42.3 Å². The topological polar surface area (TPSA) is 58.2 Å². The molecule has 0 aromatic heterocycles. The lowest BCUT2D eigenvalue weighted by Gasteiger charge is -2.22. The fourth-order valence-electron chi connectivity index (χ4n) is 3.27. The first-order valence-corrected chi connectivity index (χ1v) is 10.1. The molecule has 0 heterocycles. The molecule has 3 rings (SSSR count). The SMILES string of the molecule is C[C@H](NC(=O)[C@H](Cc1ccccc1)NC(=O)c1ccccc1)c1cccc(C(F)(F)F)c1. The molecular weight excluding hydrogens is 417 g/mol. The molecule has 0 saturated carbocycles. The Hall–Kier alpha value is -3.61. The first-order valence-electron chi connectivity index (χ1n) is 10.1. The summed E-state index contributed by atoms with van der Waals surface area (Å²) in [6, 6.07) is 20.9. The number of hydrogen-bond acceptors (Lipinski definition) is 2. The van der Waals surface area contributed by atoms with Crippen LogP contribution in [-0.2, 0) is 17.4 Å². The molecule has 2 atom stereocenters. The van der Waals surface area contributed by atoms with Crippen LogP contribution in [0.5, 0.6) is 0 Å². The molecule has 166 valence electrons. The maximum Gasteiger partial charge on any atom is 0.416 e. The van der Waals surface area contributed by atoms with Crippen LogP contribution in [0.2, 0.25) is 0 Å². The lowest BCUT2D eigenvalue weighted by Crippen LogP contribution is -2.48. The van der Waals surface area contributed by atoms with E-state index in [4.69, 9.17) is 0 Å². The zero-order valence-electron chi connectivity index (χ0n) is 17.4. The third kappa shape index (κ3) is 6.20. The van der Waals surface area contributed by atoms with Gasteiger partial charge in [-0.1, -0.05) is 60.7 Å². The average molecular weight is 440 g/mol. The summed E-state index contributed by atoms with van der Waals surface area (Å²) in [5.41, 5.74) is 0.785. The Balaban J connectivity index is 1.77. The van der Waals surface area contributed by atoms with Gasteiger partial charge in [0.05, 0.1) is 11.6 Å². The van der Waals surface area contributed by atoms with Gasteiger partial charge in [0.1, 0.15) is 6.04 Å². The fourth-order valence-corrected chi connectivity index (χ4v) is 3.27. The Bertz CT molecular complexity index is 1050. The number of nitrogens with one attached hydrogen (secondary N) is 2. The standard InChI is InChI=1S/C25H23F3N2O2/c1-17(20-13-8-14-21(16-20)25(26,27)28)29-24(32)22(15-18-9-4-2-5-10-18)30-23(31)19-11-6-3-7-12-19/h2-14,16-17,22H,15H2,1H3,(H,29,32)(H,30,31)/t17-,22-/m0/s1. The van der Waals surface area contributed by atoms with Gasteiger partial charge in [-0.25, -0.2) is 0 Å². The smallest absolute Gasteiger partial charge is 0.348 e. The van der Waals surface area contributed by atoms with E-state index in [1.165, 1.54) is 12.1 Å². The maximum absolute atomic E-state index is 13.0. The maximum atomic E-state index is 13.0. The van der Waals surface area contributed by atoms with Gasteiger partial charge in [0.15, 0.2) is 0 Å². The van der Waals surface area contributed by atoms with Crippen LogP contribution in [0.3, 0.4) is 0 Å². The molecule has 0 saturated heterocycles. The van der Waals surface area contributed by atoms with Crippen LogP contribution in [-0.4, -0.2) is 17.9 Å². The van der Waals surface area contributed by atoms with E-state index in [-0.39, 0.29) is 6.42 Å². The van der Waals surface area contributed by atoms with Gasteiger partial charge >= 0.3 is 6.18 Å². The highest BCUT2D eigenvalue weighted by Gasteiger charge is 2.31. The van der Waals surface area contributed by atoms with Crippen molar-refractivity contribution in [3.05, 3.63) is 107 Å². The number of amides is 2. The third-order valence-corrected chi connectivity index (χ3v) is 5.01. The van der Waals surface area contributed by atoms with E-state index in [2.05, 4.69) is 10.6 Å². The van der Waals surface area contributed by atoms with Crippen molar-refractivity contribution in [2.45, 2.75) is 31.6 Å². The Labute approximate surface area is 184 Å². The predicted molar refractivity (Wildman–Crippen MR) is 116 cm³/mol. The molecular formula is C25H23F3N2O2. The minimum absolute atomic E-state index is 0.237. The molecule has 3 aromatic carbocycles. The number of alkyl halides is 3. The molecule has 32 heavy (non-hydrogen) atoms. The largest absolute Gasteiger partial charge is 0.416 e. The summed E-state index contributed by atoms with van der Waals surface area (Å²) < 4.78 is 39.1. The molecule has 0 aliphatic rings. The molecule has 3 aromatic rings. The Kier molecular flexibility index (Phi) is 7.30. The molecule has 0 aliphatic carbocycles. The first-order chi connectivity index (χ1) is 15.2. The summed E-state index contributed by atoms with van der Waals surface area (Å²) in [5.74, 6) is -0.892. The number of carbonyl (C=O) groups excluding carboxylic acids is 2. The number of hydrogen-bond donors (Lipinski definition) is 2. The van der Waals surface area contributed by atoms with Crippen molar-refractivity contribution < 1.29 is 22.8 Å². The molecule has 0 fully saturated rings. The predicted octanol–water partition coefficient (Wildman–Crippen LogP) is 4.92. The molecule has 0 spiro atoms. The van der Waals surface area contributed by atoms with E-state index in [0.717, 1.165) is 17.7 Å². The summed E-state index contributed by atoms with van der Waals surface area (Å²) in [6.07, 6.45) is -4.24. The van der Waals surface area contributed by atoms with Crippen LogP contribution in [0, 0.1) is 0 Å². The normalized spacial score (nSPS) is 13.1. The lowest BCUT2D eigenvalue weighted by atomic mass is 10.0. The molecule has 0 unspecified atom stereocenters. The summed E-state index contributed by atoms with van der Waals surface area (Å²) >= 11 is 0. The van der Waals surface area contributed by atoms with Crippen molar-refractivity contribution in [1.29, 1.82) is 0 Å². The highest BCUT2D eigenvalue weighted by atomic mass is 19.4. The first kappa shape index (κ1) is 23.1. The van der Waals surface area contributed by atoms with Crippen LogP contribution in [0.1, 0.15) is 40.0 Å². The van der Waals surface area contributed by atoms with E-state index in [1.54, 1.807) is 37.3 Å². The molecule has 2 amide bonds. The van der Waals surface area contributed by atoms with Crippen LogP contribution in [0.4, 0.5) is 13.2 Å². The highest BCUT2D eigenvalue weighted by Crippen LogP contribution is 2.30. The Morgan fingerprint density at radius 1 is 0.844 bits per heavy atom. The Morgan fingerprint density at radius 2 is 1.47 bits per heavy atom. The molecule has 4 nitrogen and oxygen atoms in total. The van der Waals surface area contributed by atoms with Crippen LogP contribution in [0.15, 0.2) is 84.9 Å². The number of benzene rings is 3. The quantitative estimate of drug-likeness (QED) is 0.548. The molecule has 2 N–H and O–H groups in total.